The van der Waals surface area contributed by atoms with Crippen molar-refractivity contribution in [3.8, 4) is 0 Å². The van der Waals surface area contributed by atoms with Crippen LogP contribution in [0.2, 0.25) is 0 Å². The van der Waals surface area contributed by atoms with Crippen LogP contribution in [-0.2, 0) is 0 Å². The van der Waals surface area contributed by atoms with Crippen molar-refractivity contribution in [1.29, 1.82) is 0 Å². The molecule has 72 valence electrons. The van der Waals surface area contributed by atoms with Gasteiger partial charge in [0.2, 0.25) is 0 Å². The predicted molar refractivity (Wildman–Crippen MR) is 58.7 cm³/mol. The van der Waals surface area contributed by atoms with Crippen molar-refractivity contribution in [3.05, 3.63) is 31.7 Å². The molecule has 6 heteroatoms. The number of rotatable bonds is 1. The summed E-state index contributed by atoms with van der Waals surface area (Å²) in [4.78, 5) is 14.5. The highest BCUT2D eigenvalue weighted by Gasteiger charge is 2.14. The number of aromatic nitrogens is 1. The SMILES string of the molecule is Cc1nc2cc(Br)c([N+](=O)[O-])cc2s1. The van der Waals surface area contributed by atoms with Gasteiger partial charge < -0.3 is 0 Å². The molecule has 0 aliphatic carbocycles. The molecular formula is C8H5BrN2O2S. The zero-order valence-electron chi connectivity index (χ0n) is 7.15. The Hall–Kier alpha value is -1.01. The molecule has 2 aromatic rings. The first-order chi connectivity index (χ1) is 6.58. The van der Waals surface area contributed by atoms with Crippen molar-refractivity contribution >= 4 is 43.2 Å². The number of fused-ring (bicyclic) bond motifs is 1. The Kier molecular flexibility index (Phi) is 2.24. The van der Waals surface area contributed by atoms with Crippen molar-refractivity contribution < 1.29 is 4.92 Å². The Bertz CT molecular complexity index is 523. The van der Waals surface area contributed by atoms with E-state index in [1.807, 2.05) is 6.92 Å². The van der Waals surface area contributed by atoms with Crippen molar-refractivity contribution in [2.75, 3.05) is 0 Å². The van der Waals surface area contributed by atoms with Gasteiger partial charge in [-0.2, -0.15) is 0 Å². The monoisotopic (exact) mass is 272 g/mol. The Balaban J connectivity index is 2.76. The van der Waals surface area contributed by atoms with Crippen LogP contribution >= 0.6 is 27.3 Å². The molecule has 0 atom stereocenters. The van der Waals surface area contributed by atoms with Gasteiger partial charge in [0.15, 0.2) is 0 Å². The number of halogens is 1. The summed E-state index contributed by atoms with van der Waals surface area (Å²) < 4.78 is 1.32. The zero-order valence-corrected chi connectivity index (χ0v) is 9.55. The van der Waals surface area contributed by atoms with Crippen LogP contribution in [0.4, 0.5) is 5.69 Å². The van der Waals surface area contributed by atoms with Crippen molar-refractivity contribution in [2.24, 2.45) is 0 Å². The van der Waals surface area contributed by atoms with E-state index in [9.17, 15) is 10.1 Å². The lowest BCUT2D eigenvalue weighted by atomic mass is 10.3. The molecule has 0 N–H and O–H groups in total. The van der Waals surface area contributed by atoms with E-state index in [0.717, 1.165) is 15.2 Å². The molecule has 0 amide bonds. The van der Waals surface area contributed by atoms with Crippen LogP contribution < -0.4 is 0 Å². The molecule has 4 nitrogen and oxygen atoms in total. The lowest BCUT2D eigenvalue weighted by molar-refractivity contribution is -0.385. The maximum Gasteiger partial charge on any atom is 0.285 e. The van der Waals surface area contributed by atoms with E-state index >= 15 is 0 Å². The van der Waals surface area contributed by atoms with Gasteiger partial charge in [0.05, 0.1) is 24.6 Å². The van der Waals surface area contributed by atoms with Crippen LogP contribution in [0, 0.1) is 17.0 Å². The van der Waals surface area contributed by atoms with E-state index in [1.165, 1.54) is 11.3 Å². The van der Waals surface area contributed by atoms with Crippen LogP contribution in [0.5, 0.6) is 0 Å². The molecule has 0 saturated carbocycles. The summed E-state index contributed by atoms with van der Waals surface area (Å²) in [6.45, 7) is 1.88. The molecule has 1 aromatic carbocycles. The molecule has 0 saturated heterocycles. The maximum atomic E-state index is 10.6. The number of nitro groups is 1. The third-order valence-corrected chi connectivity index (χ3v) is 3.33. The minimum Gasteiger partial charge on any atom is -0.258 e. The van der Waals surface area contributed by atoms with Gasteiger partial charge in [-0.25, -0.2) is 4.98 Å². The molecule has 0 aliphatic heterocycles. The standard InChI is InChI=1S/C8H5BrN2O2S/c1-4-10-6-2-5(9)7(11(12)13)3-8(6)14-4/h2-3H,1H3. The smallest absolute Gasteiger partial charge is 0.258 e. The Morgan fingerprint density at radius 1 is 1.57 bits per heavy atom. The third kappa shape index (κ3) is 1.51. The largest absolute Gasteiger partial charge is 0.285 e. The summed E-state index contributed by atoms with van der Waals surface area (Å²) in [6.07, 6.45) is 0. The number of benzene rings is 1. The summed E-state index contributed by atoms with van der Waals surface area (Å²) in [5.74, 6) is 0. The van der Waals surface area contributed by atoms with Crippen LogP contribution in [0.1, 0.15) is 5.01 Å². The van der Waals surface area contributed by atoms with Gasteiger partial charge in [-0.05, 0) is 28.9 Å². The van der Waals surface area contributed by atoms with Crippen LogP contribution in [0.3, 0.4) is 0 Å². The fourth-order valence-corrected chi connectivity index (χ4v) is 2.51. The second-order valence-corrected chi connectivity index (χ2v) is 4.85. The van der Waals surface area contributed by atoms with Gasteiger partial charge >= 0.3 is 0 Å². The molecule has 0 aliphatic rings. The minimum absolute atomic E-state index is 0.0844. The summed E-state index contributed by atoms with van der Waals surface area (Å²) in [6, 6.07) is 3.22. The number of hydrogen-bond donors (Lipinski definition) is 0. The number of nitro benzene ring substituents is 1. The first kappa shape index (κ1) is 9.54. The highest BCUT2D eigenvalue weighted by Crippen LogP contribution is 2.32. The summed E-state index contributed by atoms with van der Waals surface area (Å²) in [5, 5.41) is 11.5. The minimum atomic E-state index is -0.404. The molecule has 0 unspecified atom stereocenters. The fourth-order valence-electron chi connectivity index (χ4n) is 1.19. The van der Waals surface area contributed by atoms with E-state index in [4.69, 9.17) is 0 Å². The summed E-state index contributed by atoms with van der Waals surface area (Å²) in [5.41, 5.74) is 0.881. The predicted octanol–water partition coefficient (Wildman–Crippen LogP) is 3.28. The van der Waals surface area contributed by atoms with E-state index in [0.29, 0.717) is 4.47 Å². The summed E-state index contributed by atoms with van der Waals surface area (Å²) in [7, 11) is 0. The average Bonchev–Trinajstić information content (AvgIpc) is 2.42. The topological polar surface area (TPSA) is 56.0 Å². The van der Waals surface area contributed by atoms with Crippen LogP contribution in [0.15, 0.2) is 16.6 Å². The van der Waals surface area contributed by atoms with Crippen LogP contribution in [-0.4, -0.2) is 9.91 Å². The second-order valence-electron chi connectivity index (χ2n) is 2.76. The van der Waals surface area contributed by atoms with Crippen molar-refractivity contribution in [2.45, 2.75) is 6.92 Å². The van der Waals surface area contributed by atoms with Gasteiger partial charge in [0.25, 0.3) is 5.69 Å². The molecule has 1 heterocycles. The molecular weight excluding hydrogens is 268 g/mol. The van der Waals surface area contributed by atoms with E-state index in [-0.39, 0.29) is 5.69 Å². The highest BCUT2D eigenvalue weighted by molar-refractivity contribution is 9.10. The normalized spacial score (nSPS) is 10.7. The summed E-state index contributed by atoms with van der Waals surface area (Å²) >= 11 is 4.61. The number of aryl methyl sites for hydroxylation is 1. The molecule has 0 radical (unpaired) electrons. The van der Waals surface area contributed by atoms with Crippen LogP contribution in [0.25, 0.3) is 10.2 Å². The first-order valence-electron chi connectivity index (χ1n) is 3.79. The lowest BCUT2D eigenvalue weighted by Gasteiger charge is -1.94. The van der Waals surface area contributed by atoms with Crippen molar-refractivity contribution in [1.82, 2.24) is 4.98 Å². The molecule has 0 bridgehead atoms. The Labute approximate surface area is 91.9 Å². The average molecular weight is 273 g/mol. The second kappa shape index (κ2) is 3.29. The van der Waals surface area contributed by atoms with Gasteiger partial charge in [0, 0.05) is 6.07 Å². The van der Waals surface area contributed by atoms with Crippen molar-refractivity contribution in [3.63, 3.8) is 0 Å². The number of thiazole rings is 1. The molecule has 14 heavy (non-hydrogen) atoms. The van der Waals surface area contributed by atoms with E-state index in [1.54, 1.807) is 12.1 Å². The van der Waals surface area contributed by atoms with Gasteiger partial charge in [-0.1, -0.05) is 0 Å². The quantitative estimate of drug-likeness (QED) is 0.591. The molecule has 0 spiro atoms. The zero-order chi connectivity index (χ0) is 10.3. The van der Waals surface area contributed by atoms with Gasteiger partial charge in [0.1, 0.15) is 0 Å². The fraction of sp³-hybridized carbons (Fsp3) is 0.125. The maximum absolute atomic E-state index is 10.6. The first-order valence-corrected chi connectivity index (χ1v) is 5.40. The van der Waals surface area contributed by atoms with Gasteiger partial charge in [-0.3, -0.25) is 10.1 Å². The Morgan fingerprint density at radius 3 is 2.93 bits per heavy atom. The third-order valence-electron chi connectivity index (χ3n) is 1.76. The van der Waals surface area contributed by atoms with E-state index < -0.39 is 4.92 Å². The van der Waals surface area contributed by atoms with Gasteiger partial charge in [-0.15, -0.1) is 11.3 Å². The number of hydrogen-bond acceptors (Lipinski definition) is 4. The highest BCUT2D eigenvalue weighted by atomic mass is 79.9. The molecule has 2 rings (SSSR count). The molecule has 0 fully saturated rings. The lowest BCUT2D eigenvalue weighted by Crippen LogP contribution is -1.88. The molecule has 1 aromatic heterocycles. The number of nitrogens with zero attached hydrogens (tertiary/aromatic N) is 2. The van der Waals surface area contributed by atoms with E-state index in [2.05, 4.69) is 20.9 Å². The Morgan fingerprint density at radius 2 is 2.29 bits per heavy atom.